The van der Waals surface area contributed by atoms with E-state index in [-0.39, 0.29) is 0 Å². The Labute approximate surface area is 99.9 Å². The Morgan fingerprint density at radius 3 is 2.53 bits per heavy atom. The summed E-state index contributed by atoms with van der Waals surface area (Å²) in [5.41, 5.74) is 0.529. The smallest absolute Gasteiger partial charge is 0.338 e. The number of benzene rings is 1. The second kappa shape index (κ2) is 6.22. The fraction of sp³-hybridized carbons (Fsp3) is 0.417. The molecule has 1 rings (SSSR count). The van der Waals surface area contributed by atoms with Crippen molar-refractivity contribution in [2.24, 2.45) is 0 Å². The van der Waals surface area contributed by atoms with E-state index in [4.69, 9.17) is 9.47 Å². The first-order chi connectivity index (χ1) is 8.13. The van der Waals surface area contributed by atoms with Gasteiger partial charge in [-0.3, -0.25) is 0 Å². The normalized spacial score (nSPS) is 13.9. The molecule has 5 nitrogen and oxygen atoms in total. The lowest BCUT2D eigenvalue weighted by Crippen LogP contribution is -2.31. The number of carbonyl (C=O) groups is 1. The number of methoxy groups -OCH3 is 3. The Bertz CT molecular complexity index is 377. The van der Waals surface area contributed by atoms with E-state index in [1.54, 1.807) is 24.3 Å². The van der Waals surface area contributed by atoms with E-state index in [9.17, 15) is 9.90 Å². The standard InChI is InChI=1S/C12H16O5/c1-15-9-6-4-5-8(7-9)10(13)11(16-2)12(14)17-3/h4-7,10-11,13H,1-3H3/t10-,11+/m1/s1. The minimum absolute atomic E-state index is 0.529. The van der Waals surface area contributed by atoms with Gasteiger partial charge < -0.3 is 19.3 Å². The third-order valence-electron chi connectivity index (χ3n) is 2.41. The quantitative estimate of drug-likeness (QED) is 0.775. The van der Waals surface area contributed by atoms with E-state index in [0.29, 0.717) is 11.3 Å². The molecular weight excluding hydrogens is 224 g/mol. The summed E-state index contributed by atoms with van der Waals surface area (Å²) in [5, 5.41) is 10.0. The van der Waals surface area contributed by atoms with Crippen molar-refractivity contribution in [3.8, 4) is 5.75 Å². The van der Waals surface area contributed by atoms with Gasteiger partial charge in [0.05, 0.1) is 14.2 Å². The highest BCUT2D eigenvalue weighted by atomic mass is 16.6. The third-order valence-corrected chi connectivity index (χ3v) is 2.41. The Morgan fingerprint density at radius 2 is 2.00 bits per heavy atom. The summed E-state index contributed by atoms with van der Waals surface area (Å²) in [6, 6.07) is 6.79. The van der Waals surface area contributed by atoms with Gasteiger partial charge in [-0.15, -0.1) is 0 Å². The van der Waals surface area contributed by atoms with E-state index < -0.39 is 18.2 Å². The van der Waals surface area contributed by atoms with Gasteiger partial charge in [-0.2, -0.15) is 0 Å². The summed E-state index contributed by atoms with van der Waals surface area (Å²) in [4.78, 5) is 11.4. The molecule has 0 saturated carbocycles. The highest BCUT2D eigenvalue weighted by Gasteiger charge is 2.28. The highest BCUT2D eigenvalue weighted by Crippen LogP contribution is 2.23. The van der Waals surface area contributed by atoms with Gasteiger partial charge in [0.1, 0.15) is 11.9 Å². The maximum atomic E-state index is 11.4. The zero-order chi connectivity index (χ0) is 12.8. The predicted octanol–water partition coefficient (Wildman–Crippen LogP) is 0.917. The van der Waals surface area contributed by atoms with Gasteiger partial charge >= 0.3 is 5.97 Å². The molecule has 0 aliphatic rings. The molecule has 2 atom stereocenters. The van der Waals surface area contributed by atoms with E-state index in [1.807, 2.05) is 0 Å². The van der Waals surface area contributed by atoms with Crippen LogP contribution in [0.4, 0.5) is 0 Å². The zero-order valence-electron chi connectivity index (χ0n) is 10.0. The van der Waals surface area contributed by atoms with Gasteiger partial charge in [-0.25, -0.2) is 4.79 Å². The van der Waals surface area contributed by atoms with Crippen molar-refractivity contribution >= 4 is 5.97 Å². The van der Waals surface area contributed by atoms with E-state index >= 15 is 0 Å². The molecule has 0 amide bonds. The maximum absolute atomic E-state index is 11.4. The second-order valence-electron chi connectivity index (χ2n) is 3.40. The van der Waals surface area contributed by atoms with Crippen LogP contribution in [0.2, 0.25) is 0 Å². The Hall–Kier alpha value is -1.59. The first-order valence-electron chi connectivity index (χ1n) is 5.06. The molecule has 0 radical (unpaired) electrons. The van der Waals surface area contributed by atoms with E-state index in [1.165, 1.54) is 21.3 Å². The van der Waals surface area contributed by atoms with Crippen LogP contribution in [0, 0.1) is 0 Å². The van der Waals surface area contributed by atoms with E-state index in [0.717, 1.165) is 0 Å². The van der Waals surface area contributed by atoms with Crippen molar-refractivity contribution < 1.29 is 24.1 Å². The molecule has 0 bridgehead atoms. The van der Waals surface area contributed by atoms with Crippen LogP contribution in [0.5, 0.6) is 5.75 Å². The molecular formula is C12H16O5. The lowest BCUT2D eigenvalue weighted by Gasteiger charge is -2.19. The lowest BCUT2D eigenvalue weighted by atomic mass is 10.0. The van der Waals surface area contributed by atoms with Crippen LogP contribution in [0.25, 0.3) is 0 Å². The molecule has 0 fully saturated rings. The maximum Gasteiger partial charge on any atom is 0.338 e. The molecule has 0 aliphatic carbocycles. The van der Waals surface area contributed by atoms with Crippen LogP contribution < -0.4 is 4.74 Å². The average Bonchev–Trinajstić information content (AvgIpc) is 2.39. The SMILES string of the molecule is COC(=O)[C@@H](OC)[C@H](O)c1cccc(OC)c1. The molecule has 5 heteroatoms. The summed E-state index contributed by atoms with van der Waals surface area (Å²) < 4.78 is 14.5. The summed E-state index contributed by atoms with van der Waals surface area (Å²) >= 11 is 0. The topological polar surface area (TPSA) is 65.0 Å². The van der Waals surface area contributed by atoms with Crippen molar-refractivity contribution in [2.45, 2.75) is 12.2 Å². The first-order valence-corrected chi connectivity index (χ1v) is 5.06. The van der Waals surface area contributed by atoms with Crippen molar-refractivity contribution in [3.05, 3.63) is 29.8 Å². The monoisotopic (exact) mass is 240 g/mol. The van der Waals surface area contributed by atoms with Crippen molar-refractivity contribution in [3.63, 3.8) is 0 Å². The fourth-order valence-electron chi connectivity index (χ4n) is 1.47. The van der Waals surface area contributed by atoms with Crippen molar-refractivity contribution in [1.82, 2.24) is 0 Å². The molecule has 0 saturated heterocycles. The minimum atomic E-state index is -1.09. The summed E-state index contributed by atoms with van der Waals surface area (Å²) in [6.45, 7) is 0. The number of ether oxygens (including phenoxy) is 3. The molecule has 0 aromatic heterocycles. The fourth-order valence-corrected chi connectivity index (χ4v) is 1.47. The molecule has 1 aromatic carbocycles. The van der Waals surface area contributed by atoms with Crippen LogP contribution in [-0.4, -0.2) is 38.5 Å². The average molecular weight is 240 g/mol. The van der Waals surface area contributed by atoms with Gasteiger partial charge in [0, 0.05) is 7.11 Å². The van der Waals surface area contributed by atoms with Gasteiger partial charge in [0.15, 0.2) is 6.10 Å². The van der Waals surface area contributed by atoms with Crippen LogP contribution in [0.3, 0.4) is 0 Å². The summed E-state index contributed by atoms with van der Waals surface area (Å²) in [6.07, 6.45) is -2.14. The number of rotatable bonds is 5. The second-order valence-corrected chi connectivity index (χ2v) is 3.40. The first kappa shape index (κ1) is 13.5. The van der Waals surface area contributed by atoms with Gasteiger partial charge in [0.2, 0.25) is 0 Å². The predicted molar refractivity (Wildman–Crippen MR) is 60.8 cm³/mol. The highest BCUT2D eigenvalue weighted by molar-refractivity contribution is 5.75. The number of hydrogen-bond acceptors (Lipinski definition) is 5. The number of aliphatic hydroxyl groups is 1. The molecule has 0 heterocycles. The molecule has 94 valence electrons. The Balaban J connectivity index is 2.92. The number of aliphatic hydroxyl groups excluding tert-OH is 1. The van der Waals surface area contributed by atoms with Gasteiger partial charge in [-0.05, 0) is 17.7 Å². The minimum Gasteiger partial charge on any atom is -0.497 e. The Morgan fingerprint density at radius 1 is 1.29 bits per heavy atom. The van der Waals surface area contributed by atoms with Crippen LogP contribution >= 0.6 is 0 Å². The van der Waals surface area contributed by atoms with Gasteiger partial charge in [-0.1, -0.05) is 12.1 Å². The van der Waals surface area contributed by atoms with Crippen molar-refractivity contribution in [1.29, 1.82) is 0 Å². The third kappa shape index (κ3) is 3.18. The Kier molecular flexibility index (Phi) is 4.93. The van der Waals surface area contributed by atoms with Crippen LogP contribution in [0.15, 0.2) is 24.3 Å². The number of esters is 1. The summed E-state index contributed by atoms with van der Waals surface area (Å²) in [5.74, 6) is -0.0240. The van der Waals surface area contributed by atoms with Crippen molar-refractivity contribution in [2.75, 3.05) is 21.3 Å². The molecule has 1 aromatic rings. The van der Waals surface area contributed by atoms with Gasteiger partial charge in [0.25, 0.3) is 0 Å². The van der Waals surface area contributed by atoms with Crippen LogP contribution in [0.1, 0.15) is 11.7 Å². The largest absolute Gasteiger partial charge is 0.497 e. The molecule has 17 heavy (non-hydrogen) atoms. The molecule has 0 aliphatic heterocycles. The van der Waals surface area contributed by atoms with E-state index in [2.05, 4.69) is 4.74 Å². The molecule has 0 unspecified atom stereocenters. The number of carbonyl (C=O) groups excluding carboxylic acids is 1. The number of hydrogen-bond donors (Lipinski definition) is 1. The summed E-state index contributed by atoms with van der Waals surface area (Å²) in [7, 11) is 4.11. The lowest BCUT2D eigenvalue weighted by molar-refractivity contribution is -0.159. The molecule has 1 N–H and O–H groups in total. The molecule has 0 spiro atoms. The zero-order valence-corrected chi connectivity index (χ0v) is 10.0. The van der Waals surface area contributed by atoms with Crippen LogP contribution in [-0.2, 0) is 14.3 Å².